The molecule has 1 aliphatic rings. The van der Waals surface area contributed by atoms with Gasteiger partial charge in [0.2, 0.25) is 17.5 Å². The van der Waals surface area contributed by atoms with E-state index in [4.69, 9.17) is 5.73 Å². The van der Waals surface area contributed by atoms with E-state index in [0.717, 1.165) is 24.8 Å². The molecule has 0 saturated carbocycles. The van der Waals surface area contributed by atoms with Gasteiger partial charge in [-0.05, 0) is 36.1 Å². The molecule has 2 N–H and O–H groups in total. The van der Waals surface area contributed by atoms with E-state index in [0.29, 0.717) is 17.6 Å². The summed E-state index contributed by atoms with van der Waals surface area (Å²) in [7, 11) is 0. The van der Waals surface area contributed by atoms with Gasteiger partial charge in [-0.15, -0.1) is 0 Å². The Kier molecular flexibility index (Phi) is 6.24. The Labute approximate surface area is 142 Å². The zero-order chi connectivity index (χ0) is 17.5. The number of benzene rings is 1. The number of nitrogens with two attached hydrogens (primary N) is 1. The van der Waals surface area contributed by atoms with E-state index in [-0.39, 0.29) is 6.42 Å². The molecule has 0 spiro atoms. The molecular weight excluding hydrogens is 302 g/mol. The molecule has 0 aliphatic heterocycles. The topological polar surface area (TPSA) is 77.2 Å². The minimum absolute atomic E-state index is 0.220. The number of Topliss-reactive ketones (excluding diaryl/α,β-unsaturated/α-hetero) is 1. The van der Waals surface area contributed by atoms with Gasteiger partial charge in [0, 0.05) is 11.5 Å². The lowest BCUT2D eigenvalue weighted by Gasteiger charge is -2.19. The number of rotatable bonds is 8. The molecule has 1 aromatic carbocycles. The maximum absolute atomic E-state index is 12.4. The molecule has 1 aliphatic carbocycles. The van der Waals surface area contributed by atoms with Crippen LogP contribution < -0.4 is 5.73 Å². The second kappa shape index (κ2) is 8.39. The van der Waals surface area contributed by atoms with Crippen LogP contribution in [0.2, 0.25) is 0 Å². The minimum atomic E-state index is -0.540. The Morgan fingerprint density at radius 2 is 1.79 bits per heavy atom. The summed E-state index contributed by atoms with van der Waals surface area (Å²) in [4.78, 5) is 36.0. The Hall–Kier alpha value is -2.49. The second-order valence-electron chi connectivity index (χ2n) is 6.08. The van der Waals surface area contributed by atoms with Crippen LogP contribution in [0.4, 0.5) is 0 Å². The summed E-state index contributed by atoms with van der Waals surface area (Å²) in [5, 5.41) is 0. The third-order valence-corrected chi connectivity index (χ3v) is 4.32. The van der Waals surface area contributed by atoms with E-state index in [1.54, 1.807) is 6.08 Å². The highest BCUT2D eigenvalue weighted by atomic mass is 16.2. The first-order chi connectivity index (χ1) is 11.5. The van der Waals surface area contributed by atoms with Gasteiger partial charge < -0.3 is 5.73 Å². The third kappa shape index (κ3) is 4.28. The molecule has 0 radical (unpaired) electrons. The number of hydrogen-bond donors (Lipinski definition) is 1. The van der Waals surface area contributed by atoms with Gasteiger partial charge >= 0.3 is 0 Å². The van der Waals surface area contributed by atoms with Gasteiger partial charge in [-0.25, -0.2) is 0 Å². The molecule has 1 amide bonds. The number of ketones is 2. The average Bonchev–Trinajstić information content (AvgIpc) is 2.58. The second-order valence-corrected chi connectivity index (χ2v) is 6.08. The first-order valence-electron chi connectivity index (χ1n) is 8.39. The molecule has 4 nitrogen and oxygen atoms in total. The number of allylic oxidation sites excluding steroid dienone is 4. The Balaban J connectivity index is 2.34. The number of carbonyl (C=O) groups is 3. The predicted molar refractivity (Wildman–Crippen MR) is 94.0 cm³/mol. The lowest BCUT2D eigenvalue weighted by atomic mass is 9.83. The van der Waals surface area contributed by atoms with Crippen molar-refractivity contribution in [2.75, 3.05) is 0 Å². The Morgan fingerprint density at radius 1 is 1.08 bits per heavy atom. The fraction of sp³-hybridized carbons (Fsp3) is 0.350. The summed E-state index contributed by atoms with van der Waals surface area (Å²) >= 11 is 0. The molecule has 0 heterocycles. The van der Waals surface area contributed by atoms with Crippen molar-refractivity contribution >= 4 is 23.0 Å². The lowest BCUT2D eigenvalue weighted by molar-refractivity contribution is -0.131. The van der Waals surface area contributed by atoms with Crippen LogP contribution in [0.1, 0.15) is 44.6 Å². The first kappa shape index (κ1) is 17.9. The van der Waals surface area contributed by atoms with Crippen LogP contribution in [-0.4, -0.2) is 17.5 Å². The molecule has 1 atom stereocenters. The quantitative estimate of drug-likeness (QED) is 0.453. The number of hydrogen-bond acceptors (Lipinski definition) is 3. The highest BCUT2D eigenvalue weighted by molar-refractivity contribution is 6.50. The number of primary amides is 1. The molecule has 0 bridgehead atoms. The van der Waals surface area contributed by atoms with E-state index in [1.165, 1.54) is 6.08 Å². The van der Waals surface area contributed by atoms with E-state index in [1.807, 2.05) is 30.3 Å². The van der Waals surface area contributed by atoms with Crippen molar-refractivity contribution in [3.63, 3.8) is 0 Å². The maximum atomic E-state index is 12.4. The molecular formula is C20H23NO3. The zero-order valence-corrected chi connectivity index (χ0v) is 14.0. The van der Waals surface area contributed by atoms with Crippen molar-refractivity contribution in [2.24, 2.45) is 11.7 Å². The Morgan fingerprint density at radius 3 is 2.42 bits per heavy atom. The van der Waals surface area contributed by atoms with Crippen LogP contribution in [0.5, 0.6) is 0 Å². The van der Waals surface area contributed by atoms with Gasteiger partial charge in [0.25, 0.3) is 0 Å². The number of unbranched alkanes of at least 4 members (excludes halogenated alkanes) is 2. The largest absolute Gasteiger partial charge is 0.369 e. The fourth-order valence-corrected chi connectivity index (χ4v) is 2.93. The van der Waals surface area contributed by atoms with Gasteiger partial charge in [-0.1, -0.05) is 56.5 Å². The van der Waals surface area contributed by atoms with Crippen LogP contribution in [0.15, 0.2) is 48.1 Å². The maximum Gasteiger partial charge on any atom is 0.229 e. The van der Waals surface area contributed by atoms with E-state index in [9.17, 15) is 14.4 Å². The van der Waals surface area contributed by atoms with Crippen LogP contribution in [-0.2, 0) is 14.4 Å². The Bertz CT molecular complexity index is 686. The monoisotopic (exact) mass is 325 g/mol. The van der Waals surface area contributed by atoms with Crippen molar-refractivity contribution in [2.45, 2.75) is 39.0 Å². The number of amides is 1. The molecule has 0 fully saturated rings. The molecule has 0 aromatic heterocycles. The number of carbonyl (C=O) groups excluding carboxylic acids is 3. The van der Waals surface area contributed by atoms with Crippen molar-refractivity contribution in [1.82, 2.24) is 0 Å². The van der Waals surface area contributed by atoms with Crippen LogP contribution in [0, 0.1) is 5.92 Å². The van der Waals surface area contributed by atoms with Gasteiger partial charge in [0.05, 0.1) is 0 Å². The van der Waals surface area contributed by atoms with Crippen LogP contribution in [0.25, 0.3) is 5.57 Å². The SMILES string of the molecule is CCCCCC(CC1=C(c2ccccc2)C=CC(=O)C1=O)C(N)=O. The summed E-state index contributed by atoms with van der Waals surface area (Å²) < 4.78 is 0. The van der Waals surface area contributed by atoms with Crippen LogP contribution in [0.3, 0.4) is 0 Å². The third-order valence-electron chi connectivity index (χ3n) is 4.32. The van der Waals surface area contributed by atoms with Gasteiger partial charge in [-0.3, -0.25) is 14.4 Å². The highest BCUT2D eigenvalue weighted by Gasteiger charge is 2.28. The molecule has 0 saturated heterocycles. The molecule has 4 heteroatoms. The summed E-state index contributed by atoms with van der Waals surface area (Å²) in [5.74, 6) is -1.91. The zero-order valence-electron chi connectivity index (χ0n) is 14.0. The smallest absolute Gasteiger partial charge is 0.229 e. The normalized spacial score (nSPS) is 15.7. The van der Waals surface area contributed by atoms with E-state index < -0.39 is 23.4 Å². The first-order valence-corrected chi connectivity index (χ1v) is 8.39. The lowest BCUT2D eigenvalue weighted by Crippen LogP contribution is -2.27. The van der Waals surface area contributed by atoms with Crippen molar-refractivity contribution in [3.8, 4) is 0 Å². The van der Waals surface area contributed by atoms with Gasteiger partial charge in [0.15, 0.2) is 0 Å². The van der Waals surface area contributed by atoms with E-state index in [2.05, 4.69) is 6.92 Å². The minimum Gasteiger partial charge on any atom is -0.369 e. The summed E-state index contributed by atoms with van der Waals surface area (Å²) in [6, 6.07) is 9.42. The molecule has 1 aromatic rings. The molecule has 24 heavy (non-hydrogen) atoms. The fourth-order valence-electron chi connectivity index (χ4n) is 2.93. The summed E-state index contributed by atoms with van der Waals surface area (Å²) in [6.07, 6.45) is 6.77. The van der Waals surface area contributed by atoms with E-state index >= 15 is 0 Å². The summed E-state index contributed by atoms with van der Waals surface area (Å²) in [5.41, 5.74) is 7.49. The standard InChI is InChI=1S/C20H23NO3/c1-2-3-5-10-15(20(21)24)13-17-16(11-12-18(22)19(17)23)14-8-6-4-7-9-14/h4,6-9,11-12,15H,2-3,5,10,13H2,1H3,(H2,21,24). The van der Waals surface area contributed by atoms with Gasteiger partial charge in [-0.2, -0.15) is 0 Å². The molecule has 126 valence electrons. The molecule has 2 rings (SSSR count). The van der Waals surface area contributed by atoms with Crippen molar-refractivity contribution in [1.29, 1.82) is 0 Å². The van der Waals surface area contributed by atoms with Crippen molar-refractivity contribution in [3.05, 3.63) is 53.6 Å². The highest BCUT2D eigenvalue weighted by Crippen LogP contribution is 2.30. The molecule has 1 unspecified atom stereocenters. The van der Waals surface area contributed by atoms with Crippen molar-refractivity contribution < 1.29 is 14.4 Å². The predicted octanol–water partition coefficient (Wildman–Crippen LogP) is 3.22. The van der Waals surface area contributed by atoms with Gasteiger partial charge in [0.1, 0.15) is 0 Å². The van der Waals surface area contributed by atoms with Crippen LogP contribution >= 0.6 is 0 Å². The summed E-state index contributed by atoms with van der Waals surface area (Å²) in [6.45, 7) is 2.09. The average molecular weight is 325 g/mol.